The van der Waals surface area contributed by atoms with Gasteiger partial charge in [-0.1, -0.05) is 48.9 Å². The number of hydrogen-bond acceptors (Lipinski definition) is 4. The molecule has 0 bridgehead atoms. The molecule has 0 saturated carbocycles. The Morgan fingerprint density at radius 1 is 1.00 bits per heavy atom. The summed E-state index contributed by atoms with van der Waals surface area (Å²) in [6.45, 7) is 10.5. The molecule has 192 valence electrons. The number of amides is 2. The molecule has 7 nitrogen and oxygen atoms in total. The Bertz CT molecular complexity index is 1130. The van der Waals surface area contributed by atoms with E-state index in [1.54, 1.807) is 4.90 Å². The van der Waals surface area contributed by atoms with Crippen LogP contribution in [0, 0.1) is 20.8 Å². The number of hydrogen-bond donors (Lipinski definition) is 1. The number of sulfonamides is 1. The van der Waals surface area contributed by atoms with Gasteiger partial charge in [0.25, 0.3) is 0 Å². The lowest BCUT2D eigenvalue weighted by molar-refractivity contribution is -0.141. The Balaban J connectivity index is 2.24. The van der Waals surface area contributed by atoms with E-state index in [1.807, 2.05) is 77.1 Å². The SMILES string of the molecule is CCNC(=O)C(CC)N(Cc1cccc(C)c1)C(=O)CCCN(c1cc(C)ccc1C)S(C)(=O)=O. The number of benzene rings is 2. The Kier molecular flexibility index (Phi) is 10.3. The van der Waals surface area contributed by atoms with Crippen LogP contribution < -0.4 is 9.62 Å². The van der Waals surface area contributed by atoms with E-state index >= 15 is 0 Å². The first-order chi connectivity index (χ1) is 16.5. The highest BCUT2D eigenvalue weighted by Crippen LogP contribution is 2.25. The van der Waals surface area contributed by atoms with Crippen LogP contribution in [-0.2, 0) is 26.2 Å². The fourth-order valence-electron chi connectivity index (χ4n) is 4.19. The maximum atomic E-state index is 13.4. The minimum Gasteiger partial charge on any atom is -0.355 e. The quantitative estimate of drug-likeness (QED) is 0.474. The second-order valence-electron chi connectivity index (χ2n) is 9.06. The third kappa shape index (κ3) is 8.09. The second kappa shape index (κ2) is 12.7. The summed E-state index contributed by atoms with van der Waals surface area (Å²) < 4.78 is 26.5. The largest absolute Gasteiger partial charge is 0.355 e. The lowest BCUT2D eigenvalue weighted by Crippen LogP contribution is -2.49. The van der Waals surface area contributed by atoms with Gasteiger partial charge < -0.3 is 10.2 Å². The van der Waals surface area contributed by atoms with Gasteiger partial charge in [-0.05, 0) is 63.3 Å². The molecule has 2 aromatic carbocycles. The summed E-state index contributed by atoms with van der Waals surface area (Å²) in [7, 11) is -3.53. The van der Waals surface area contributed by atoms with Crippen LogP contribution in [0.3, 0.4) is 0 Å². The van der Waals surface area contributed by atoms with Crippen LogP contribution >= 0.6 is 0 Å². The van der Waals surface area contributed by atoms with Gasteiger partial charge in [-0.3, -0.25) is 13.9 Å². The van der Waals surface area contributed by atoms with Crippen molar-refractivity contribution < 1.29 is 18.0 Å². The summed E-state index contributed by atoms with van der Waals surface area (Å²) in [4.78, 5) is 27.8. The van der Waals surface area contributed by atoms with Crippen molar-refractivity contribution in [3.63, 3.8) is 0 Å². The molecular formula is C27H39N3O4S. The number of aryl methyl sites for hydroxylation is 3. The third-order valence-electron chi connectivity index (χ3n) is 5.96. The van der Waals surface area contributed by atoms with E-state index in [0.29, 0.717) is 31.6 Å². The van der Waals surface area contributed by atoms with Crippen molar-refractivity contribution in [2.75, 3.05) is 23.7 Å². The van der Waals surface area contributed by atoms with Crippen LogP contribution in [0.5, 0.6) is 0 Å². The molecule has 2 rings (SSSR count). The zero-order valence-corrected chi connectivity index (χ0v) is 22.6. The van der Waals surface area contributed by atoms with Crippen LogP contribution in [0.4, 0.5) is 5.69 Å². The number of carbonyl (C=O) groups is 2. The van der Waals surface area contributed by atoms with Gasteiger partial charge in [0.05, 0.1) is 11.9 Å². The van der Waals surface area contributed by atoms with Crippen molar-refractivity contribution in [3.05, 3.63) is 64.7 Å². The van der Waals surface area contributed by atoms with Gasteiger partial charge in [-0.15, -0.1) is 0 Å². The van der Waals surface area contributed by atoms with Gasteiger partial charge in [0.15, 0.2) is 0 Å². The second-order valence-corrected chi connectivity index (χ2v) is 11.0. The van der Waals surface area contributed by atoms with Crippen molar-refractivity contribution in [1.29, 1.82) is 0 Å². The summed E-state index contributed by atoms with van der Waals surface area (Å²) >= 11 is 0. The van der Waals surface area contributed by atoms with E-state index in [9.17, 15) is 18.0 Å². The van der Waals surface area contributed by atoms with Crippen LogP contribution in [0.2, 0.25) is 0 Å². The van der Waals surface area contributed by atoms with E-state index in [0.717, 1.165) is 22.3 Å². The Hall–Kier alpha value is -2.87. The number of rotatable bonds is 12. The molecule has 0 aromatic heterocycles. The molecule has 1 atom stereocenters. The number of nitrogens with one attached hydrogen (secondary N) is 1. The first kappa shape index (κ1) is 28.4. The zero-order valence-electron chi connectivity index (χ0n) is 21.8. The number of anilines is 1. The number of likely N-dealkylation sites (N-methyl/N-ethyl adjacent to an activating group) is 1. The third-order valence-corrected chi connectivity index (χ3v) is 7.14. The fraction of sp³-hybridized carbons (Fsp3) is 0.481. The van der Waals surface area contributed by atoms with E-state index in [1.165, 1.54) is 10.6 Å². The maximum absolute atomic E-state index is 13.4. The molecule has 0 fully saturated rings. The van der Waals surface area contributed by atoms with Crippen molar-refractivity contribution in [2.45, 2.75) is 66.5 Å². The van der Waals surface area contributed by atoms with Gasteiger partial charge >= 0.3 is 0 Å². The molecule has 0 spiro atoms. The van der Waals surface area contributed by atoms with Gasteiger partial charge in [-0.25, -0.2) is 8.42 Å². The first-order valence-electron chi connectivity index (χ1n) is 12.2. The van der Waals surface area contributed by atoms with Crippen molar-refractivity contribution in [2.24, 2.45) is 0 Å². The summed E-state index contributed by atoms with van der Waals surface area (Å²) in [5.74, 6) is -0.344. The molecule has 0 aliphatic heterocycles. The predicted octanol–water partition coefficient (Wildman–Crippen LogP) is 4.10. The van der Waals surface area contributed by atoms with Gasteiger partial charge in [0.1, 0.15) is 6.04 Å². The van der Waals surface area contributed by atoms with Crippen LogP contribution in [0.1, 0.15) is 55.4 Å². The van der Waals surface area contributed by atoms with Crippen LogP contribution in [0.25, 0.3) is 0 Å². The minimum atomic E-state index is -3.53. The van der Waals surface area contributed by atoms with E-state index in [4.69, 9.17) is 0 Å². The average Bonchev–Trinajstić information content (AvgIpc) is 2.77. The first-order valence-corrected chi connectivity index (χ1v) is 14.0. The van der Waals surface area contributed by atoms with Crippen molar-refractivity contribution >= 4 is 27.5 Å². The molecule has 0 heterocycles. The fourth-order valence-corrected chi connectivity index (χ4v) is 5.20. The van der Waals surface area contributed by atoms with Crippen molar-refractivity contribution in [1.82, 2.24) is 10.2 Å². The molecule has 8 heteroatoms. The Labute approximate surface area is 210 Å². The van der Waals surface area contributed by atoms with Gasteiger partial charge in [0.2, 0.25) is 21.8 Å². The zero-order chi connectivity index (χ0) is 26.2. The number of carbonyl (C=O) groups excluding carboxylic acids is 2. The molecule has 0 aliphatic carbocycles. The van der Waals surface area contributed by atoms with Crippen LogP contribution in [0.15, 0.2) is 42.5 Å². The lowest BCUT2D eigenvalue weighted by Gasteiger charge is -2.31. The lowest BCUT2D eigenvalue weighted by atomic mass is 10.1. The monoisotopic (exact) mass is 501 g/mol. The Morgan fingerprint density at radius 2 is 1.69 bits per heavy atom. The normalized spacial score (nSPS) is 12.2. The molecule has 0 aliphatic rings. The number of nitrogens with zero attached hydrogens (tertiary/aromatic N) is 2. The molecule has 2 amide bonds. The topological polar surface area (TPSA) is 86.8 Å². The molecule has 1 unspecified atom stereocenters. The summed E-state index contributed by atoms with van der Waals surface area (Å²) in [5.41, 5.74) is 4.49. The smallest absolute Gasteiger partial charge is 0.242 e. The molecule has 0 saturated heterocycles. The molecule has 1 N–H and O–H groups in total. The summed E-state index contributed by atoms with van der Waals surface area (Å²) in [6.07, 6.45) is 2.15. The minimum absolute atomic E-state index is 0.138. The molecule has 35 heavy (non-hydrogen) atoms. The van der Waals surface area contributed by atoms with Crippen molar-refractivity contribution in [3.8, 4) is 0 Å². The molecule has 0 radical (unpaired) electrons. The van der Waals surface area contributed by atoms with Gasteiger partial charge in [-0.2, -0.15) is 0 Å². The van der Waals surface area contributed by atoms with E-state index < -0.39 is 16.1 Å². The predicted molar refractivity (Wildman–Crippen MR) is 142 cm³/mol. The Morgan fingerprint density at radius 3 is 2.29 bits per heavy atom. The molecule has 2 aromatic rings. The van der Waals surface area contributed by atoms with E-state index in [2.05, 4.69) is 5.32 Å². The maximum Gasteiger partial charge on any atom is 0.242 e. The highest BCUT2D eigenvalue weighted by Gasteiger charge is 2.28. The van der Waals surface area contributed by atoms with Crippen LogP contribution in [-0.4, -0.2) is 50.5 Å². The summed E-state index contributed by atoms with van der Waals surface area (Å²) in [5, 5.41) is 2.84. The molecular weight excluding hydrogens is 462 g/mol. The average molecular weight is 502 g/mol. The standard InChI is InChI=1S/C27H39N3O4S/c1-7-24(27(32)28-8-2)29(19-23-12-9-11-20(3)17-23)26(31)13-10-16-30(35(6,33)34)25-18-21(4)14-15-22(25)5/h9,11-12,14-15,17-18,24H,7-8,10,13,16,19H2,1-6H3,(H,28,32). The van der Waals surface area contributed by atoms with E-state index in [-0.39, 0.29) is 24.8 Å². The highest BCUT2D eigenvalue weighted by molar-refractivity contribution is 7.92. The van der Waals surface area contributed by atoms with Gasteiger partial charge in [0, 0.05) is 26.1 Å². The highest BCUT2D eigenvalue weighted by atomic mass is 32.2. The summed E-state index contributed by atoms with van der Waals surface area (Å²) in [6, 6.07) is 13.0.